The van der Waals surface area contributed by atoms with E-state index in [1.807, 2.05) is 37.3 Å². The molecule has 1 aromatic carbocycles. The number of hydrogen-bond donors (Lipinski definition) is 2. The first-order chi connectivity index (χ1) is 8.33. The number of likely N-dealkylation sites (N-methyl/N-ethyl adjacent to an activating group) is 1. The number of nitrogens with one attached hydrogen (secondary N) is 2. The summed E-state index contributed by atoms with van der Waals surface area (Å²) >= 11 is 0. The van der Waals surface area contributed by atoms with Crippen LogP contribution in [-0.4, -0.2) is 32.1 Å². The number of hydrogen-bond acceptors (Lipinski definition) is 3. The fourth-order valence-corrected chi connectivity index (χ4v) is 1.33. The van der Waals surface area contributed by atoms with Crippen molar-refractivity contribution < 1.29 is 9.53 Å². The number of rotatable bonds is 8. The van der Waals surface area contributed by atoms with Gasteiger partial charge in [0.25, 0.3) is 0 Å². The van der Waals surface area contributed by atoms with Crippen LogP contribution in [0.2, 0.25) is 0 Å². The smallest absolute Gasteiger partial charge is 0.223 e. The molecule has 0 aliphatic carbocycles. The van der Waals surface area contributed by atoms with Crippen molar-refractivity contribution >= 4 is 18.3 Å². The van der Waals surface area contributed by atoms with Gasteiger partial charge in [0.15, 0.2) is 0 Å². The summed E-state index contributed by atoms with van der Waals surface area (Å²) in [6.07, 6.45) is 0.390. The Morgan fingerprint density at radius 3 is 2.61 bits per heavy atom. The molecule has 1 rings (SSSR count). The zero-order valence-electron chi connectivity index (χ0n) is 10.6. The van der Waals surface area contributed by atoms with Crippen molar-refractivity contribution in [1.82, 2.24) is 10.6 Å². The second-order valence-corrected chi connectivity index (χ2v) is 3.62. The molecular formula is C13H21ClN2O2. The van der Waals surface area contributed by atoms with Crippen LogP contribution in [0.25, 0.3) is 0 Å². The van der Waals surface area contributed by atoms with Gasteiger partial charge in [-0.3, -0.25) is 4.79 Å². The zero-order chi connectivity index (χ0) is 12.3. The molecule has 4 nitrogen and oxygen atoms in total. The summed E-state index contributed by atoms with van der Waals surface area (Å²) in [5.41, 5.74) is 0. The molecule has 0 saturated heterocycles. The SMILES string of the molecule is CCNCCNC(=O)CCOc1ccccc1.Cl. The lowest BCUT2D eigenvalue weighted by Crippen LogP contribution is -2.32. The van der Waals surface area contributed by atoms with E-state index in [2.05, 4.69) is 10.6 Å². The molecule has 0 fully saturated rings. The van der Waals surface area contributed by atoms with Crippen LogP contribution in [0.1, 0.15) is 13.3 Å². The lowest BCUT2D eigenvalue weighted by atomic mass is 10.3. The predicted molar refractivity (Wildman–Crippen MR) is 75.4 cm³/mol. The first-order valence-corrected chi connectivity index (χ1v) is 5.98. The first-order valence-electron chi connectivity index (χ1n) is 5.98. The Morgan fingerprint density at radius 1 is 1.22 bits per heavy atom. The van der Waals surface area contributed by atoms with Gasteiger partial charge in [-0.15, -0.1) is 12.4 Å². The third-order valence-corrected chi connectivity index (χ3v) is 2.22. The molecule has 0 aliphatic heterocycles. The predicted octanol–water partition coefficient (Wildman–Crippen LogP) is 1.60. The molecule has 0 atom stereocenters. The van der Waals surface area contributed by atoms with Gasteiger partial charge in [-0.1, -0.05) is 25.1 Å². The number of carbonyl (C=O) groups excluding carboxylic acids is 1. The lowest BCUT2D eigenvalue weighted by Gasteiger charge is -2.07. The monoisotopic (exact) mass is 272 g/mol. The van der Waals surface area contributed by atoms with Crippen molar-refractivity contribution in [2.45, 2.75) is 13.3 Å². The minimum atomic E-state index is 0. The highest BCUT2D eigenvalue weighted by Crippen LogP contribution is 2.08. The van der Waals surface area contributed by atoms with Crippen LogP contribution in [0.3, 0.4) is 0 Å². The Morgan fingerprint density at radius 2 is 1.94 bits per heavy atom. The van der Waals surface area contributed by atoms with Crippen LogP contribution in [-0.2, 0) is 4.79 Å². The topological polar surface area (TPSA) is 50.4 Å². The van der Waals surface area contributed by atoms with Gasteiger partial charge in [0.05, 0.1) is 13.0 Å². The highest BCUT2D eigenvalue weighted by atomic mass is 35.5. The van der Waals surface area contributed by atoms with E-state index in [1.165, 1.54) is 0 Å². The molecular weight excluding hydrogens is 252 g/mol. The maximum absolute atomic E-state index is 11.4. The van der Waals surface area contributed by atoms with Crippen molar-refractivity contribution in [2.24, 2.45) is 0 Å². The van der Waals surface area contributed by atoms with Crippen molar-refractivity contribution in [3.05, 3.63) is 30.3 Å². The van der Waals surface area contributed by atoms with E-state index in [0.29, 0.717) is 19.6 Å². The first kappa shape index (κ1) is 16.7. The molecule has 0 radical (unpaired) electrons. The number of halogens is 1. The van der Waals surface area contributed by atoms with Crippen LogP contribution in [0.5, 0.6) is 5.75 Å². The van der Waals surface area contributed by atoms with Crippen LogP contribution in [0.15, 0.2) is 30.3 Å². The van der Waals surface area contributed by atoms with Crippen molar-refractivity contribution in [3.63, 3.8) is 0 Å². The second-order valence-electron chi connectivity index (χ2n) is 3.62. The summed E-state index contributed by atoms with van der Waals surface area (Å²) in [6.45, 7) is 4.85. The molecule has 0 bridgehead atoms. The third kappa shape index (κ3) is 7.92. The van der Waals surface area contributed by atoms with Crippen molar-refractivity contribution in [1.29, 1.82) is 0 Å². The molecule has 102 valence electrons. The molecule has 5 heteroatoms. The number of carbonyl (C=O) groups is 1. The fourth-order valence-electron chi connectivity index (χ4n) is 1.33. The number of para-hydroxylation sites is 1. The largest absolute Gasteiger partial charge is 0.493 e. The van der Waals surface area contributed by atoms with E-state index in [0.717, 1.165) is 18.8 Å². The summed E-state index contributed by atoms with van der Waals surface area (Å²) in [5, 5.41) is 5.96. The molecule has 1 amide bonds. The normalized spacial score (nSPS) is 9.39. The summed E-state index contributed by atoms with van der Waals surface area (Å²) in [7, 11) is 0. The van der Waals surface area contributed by atoms with Gasteiger partial charge in [0, 0.05) is 13.1 Å². The fraction of sp³-hybridized carbons (Fsp3) is 0.462. The van der Waals surface area contributed by atoms with Crippen molar-refractivity contribution in [2.75, 3.05) is 26.2 Å². The molecule has 0 saturated carbocycles. The molecule has 18 heavy (non-hydrogen) atoms. The average molecular weight is 273 g/mol. The Hall–Kier alpha value is -1.26. The maximum Gasteiger partial charge on any atom is 0.223 e. The van der Waals surface area contributed by atoms with E-state index in [9.17, 15) is 4.79 Å². The standard InChI is InChI=1S/C13H20N2O2.ClH/c1-2-14-9-10-15-13(16)8-11-17-12-6-4-3-5-7-12;/h3-7,14H,2,8-11H2,1H3,(H,15,16);1H. The van der Waals surface area contributed by atoms with Gasteiger partial charge < -0.3 is 15.4 Å². The van der Waals surface area contributed by atoms with Crippen LogP contribution in [0.4, 0.5) is 0 Å². The van der Waals surface area contributed by atoms with E-state index in [-0.39, 0.29) is 18.3 Å². The summed E-state index contributed by atoms with van der Waals surface area (Å²) < 4.78 is 5.43. The quantitative estimate of drug-likeness (QED) is 0.707. The molecule has 0 aromatic heterocycles. The molecule has 0 unspecified atom stereocenters. The Labute approximate surface area is 115 Å². The van der Waals surface area contributed by atoms with E-state index < -0.39 is 0 Å². The van der Waals surface area contributed by atoms with Gasteiger partial charge in [-0.2, -0.15) is 0 Å². The summed E-state index contributed by atoms with van der Waals surface area (Å²) in [6, 6.07) is 9.50. The lowest BCUT2D eigenvalue weighted by molar-refractivity contribution is -0.121. The van der Waals surface area contributed by atoms with E-state index in [1.54, 1.807) is 0 Å². The molecule has 2 N–H and O–H groups in total. The van der Waals surface area contributed by atoms with Crippen LogP contribution >= 0.6 is 12.4 Å². The maximum atomic E-state index is 11.4. The molecule has 0 heterocycles. The number of benzene rings is 1. The number of amides is 1. The van der Waals surface area contributed by atoms with Crippen LogP contribution in [0, 0.1) is 0 Å². The Balaban J connectivity index is 0.00000289. The Bertz CT molecular complexity index is 320. The van der Waals surface area contributed by atoms with Gasteiger partial charge in [-0.25, -0.2) is 0 Å². The summed E-state index contributed by atoms with van der Waals surface area (Å²) in [4.78, 5) is 11.4. The number of ether oxygens (including phenoxy) is 1. The van der Waals surface area contributed by atoms with Gasteiger partial charge >= 0.3 is 0 Å². The van der Waals surface area contributed by atoms with Gasteiger partial charge in [0.1, 0.15) is 5.75 Å². The van der Waals surface area contributed by atoms with Crippen molar-refractivity contribution in [3.8, 4) is 5.75 Å². The minimum Gasteiger partial charge on any atom is -0.493 e. The van der Waals surface area contributed by atoms with Gasteiger partial charge in [-0.05, 0) is 18.7 Å². The third-order valence-electron chi connectivity index (χ3n) is 2.22. The highest BCUT2D eigenvalue weighted by molar-refractivity contribution is 5.85. The van der Waals surface area contributed by atoms with E-state index >= 15 is 0 Å². The second kappa shape index (κ2) is 10.9. The average Bonchev–Trinajstić information content (AvgIpc) is 2.36. The Kier molecular flexibility index (Phi) is 10.1. The van der Waals surface area contributed by atoms with E-state index in [4.69, 9.17) is 4.74 Å². The zero-order valence-corrected chi connectivity index (χ0v) is 11.5. The van der Waals surface area contributed by atoms with Gasteiger partial charge in [0.2, 0.25) is 5.91 Å². The molecule has 0 aliphatic rings. The molecule has 0 spiro atoms. The summed E-state index contributed by atoms with van der Waals surface area (Å²) in [5.74, 6) is 0.826. The highest BCUT2D eigenvalue weighted by Gasteiger charge is 2.00. The molecule has 1 aromatic rings. The van der Waals surface area contributed by atoms with Crippen LogP contribution < -0.4 is 15.4 Å². The minimum absolute atomic E-state index is 0.